The summed E-state index contributed by atoms with van der Waals surface area (Å²) in [6, 6.07) is -0.100. The monoisotopic (exact) mass is 625 g/mol. The molecular formula is C34H63N3O7. The summed E-state index contributed by atoms with van der Waals surface area (Å²) in [6.45, 7) is 22.8. The molecule has 256 valence electrons. The lowest BCUT2D eigenvalue weighted by Crippen LogP contribution is -2.60. The maximum atomic E-state index is 14.2. The van der Waals surface area contributed by atoms with Crippen molar-refractivity contribution >= 4 is 11.8 Å². The van der Waals surface area contributed by atoms with Gasteiger partial charge in [0.1, 0.15) is 18.1 Å². The highest BCUT2D eigenvalue weighted by Gasteiger charge is 2.52. The average molecular weight is 626 g/mol. The second kappa shape index (κ2) is 15.2. The second-order valence-electron chi connectivity index (χ2n) is 15.4. The van der Waals surface area contributed by atoms with Crippen molar-refractivity contribution in [3.05, 3.63) is 0 Å². The third-order valence-electron chi connectivity index (χ3n) is 10.3. The van der Waals surface area contributed by atoms with Crippen LogP contribution in [0.4, 0.5) is 0 Å². The molecule has 0 radical (unpaired) electrons. The number of ketones is 1. The molecule has 0 bridgehead atoms. The van der Waals surface area contributed by atoms with Crippen molar-refractivity contribution in [2.75, 3.05) is 60.5 Å². The van der Waals surface area contributed by atoms with Crippen LogP contribution in [-0.2, 0) is 28.5 Å². The number of aliphatic hydroxyl groups is 1. The van der Waals surface area contributed by atoms with Gasteiger partial charge in [0.15, 0.2) is 12.1 Å². The number of nitrogens with zero attached hydrogens (tertiary/aromatic N) is 3. The smallest absolute Gasteiger partial charge is 0.319 e. The fraction of sp³-hybridized carbons (Fsp3) is 0.941. The van der Waals surface area contributed by atoms with Crippen LogP contribution in [0.2, 0.25) is 0 Å². The summed E-state index contributed by atoms with van der Waals surface area (Å²) in [7, 11) is 5.52. The van der Waals surface area contributed by atoms with E-state index in [0.717, 1.165) is 32.7 Å². The minimum absolute atomic E-state index is 0.0648. The van der Waals surface area contributed by atoms with Crippen molar-refractivity contribution in [1.29, 1.82) is 0 Å². The molecule has 1 N–H and O–H groups in total. The van der Waals surface area contributed by atoms with E-state index in [2.05, 4.69) is 37.5 Å². The Morgan fingerprint density at radius 3 is 2.27 bits per heavy atom. The Morgan fingerprint density at radius 1 is 1.09 bits per heavy atom. The molecule has 0 amide bonds. The molecule has 3 fully saturated rings. The third-order valence-corrected chi connectivity index (χ3v) is 10.3. The van der Waals surface area contributed by atoms with Gasteiger partial charge in [0.05, 0.1) is 17.8 Å². The van der Waals surface area contributed by atoms with Crippen LogP contribution >= 0.6 is 0 Å². The largest absolute Gasteiger partial charge is 0.463 e. The lowest BCUT2D eigenvalue weighted by atomic mass is 9.74. The maximum absolute atomic E-state index is 14.2. The lowest BCUT2D eigenvalue weighted by molar-refractivity contribution is -0.295. The van der Waals surface area contributed by atoms with Crippen molar-refractivity contribution in [3.8, 4) is 0 Å². The van der Waals surface area contributed by atoms with Crippen LogP contribution in [0.3, 0.4) is 0 Å². The summed E-state index contributed by atoms with van der Waals surface area (Å²) >= 11 is 0. The molecule has 0 aliphatic carbocycles. The number of hydrogen-bond acceptors (Lipinski definition) is 10. The molecule has 44 heavy (non-hydrogen) atoms. The van der Waals surface area contributed by atoms with E-state index < -0.39 is 41.4 Å². The molecule has 0 aromatic carbocycles. The van der Waals surface area contributed by atoms with Gasteiger partial charge >= 0.3 is 5.97 Å². The number of likely N-dealkylation sites (tertiary alicyclic amines) is 1. The molecule has 3 rings (SSSR count). The Kier molecular flexibility index (Phi) is 12.9. The molecule has 3 heterocycles. The average Bonchev–Trinajstić information content (AvgIpc) is 2.93. The number of ether oxygens (including phenoxy) is 4. The molecule has 9 atom stereocenters. The predicted octanol–water partition coefficient (Wildman–Crippen LogP) is 3.30. The molecule has 3 aliphatic heterocycles. The third kappa shape index (κ3) is 8.41. The van der Waals surface area contributed by atoms with Gasteiger partial charge in [-0.1, -0.05) is 34.6 Å². The number of methoxy groups -OCH3 is 1. The van der Waals surface area contributed by atoms with Crippen LogP contribution in [0.5, 0.6) is 0 Å². The zero-order valence-corrected chi connectivity index (χ0v) is 29.7. The van der Waals surface area contributed by atoms with Gasteiger partial charge in [-0.05, 0) is 73.0 Å². The van der Waals surface area contributed by atoms with Gasteiger partial charge in [-0.15, -0.1) is 0 Å². The van der Waals surface area contributed by atoms with Crippen molar-refractivity contribution in [3.63, 3.8) is 0 Å². The predicted molar refractivity (Wildman–Crippen MR) is 171 cm³/mol. The summed E-state index contributed by atoms with van der Waals surface area (Å²) in [4.78, 5) is 34.8. The minimum atomic E-state index is -1.40. The number of rotatable bonds is 8. The number of aliphatic hydroxyl groups excluding tert-OH is 1. The van der Waals surface area contributed by atoms with Crippen molar-refractivity contribution in [1.82, 2.24) is 14.7 Å². The fourth-order valence-corrected chi connectivity index (χ4v) is 7.77. The topological polar surface area (TPSA) is 101 Å². The number of hydrogen-bond donors (Lipinski definition) is 1. The van der Waals surface area contributed by atoms with Gasteiger partial charge < -0.3 is 33.9 Å². The number of cyclic esters (lactones) is 1. The Bertz CT molecular complexity index is 955. The van der Waals surface area contributed by atoms with E-state index in [1.165, 1.54) is 0 Å². The highest BCUT2D eigenvalue weighted by molar-refractivity contribution is 6.04. The summed E-state index contributed by atoms with van der Waals surface area (Å²) < 4.78 is 25.1. The van der Waals surface area contributed by atoms with Crippen LogP contribution in [0.15, 0.2) is 0 Å². The number of carbonyl (C=O) groups is 2. The van der Waals surface area contributed by atoms with Gasteiger partial charge in [-0.3, -0.25) is 14.5 Å². The minimum Gasteiger partial charge on any atom is -0.463 e. The van der Waals surface area contributed by atoms with Crippen LogP contribution in [0, 0.1) is 29.1 Å². The lowest BCUT2D eigenvalue weighted by Gasteiger charge is -2.48. The summed E-state index contributed by atoms with van der Waals surface area (Å²) in [6.07, 6.45) is -1.53. The highest BCUT2D eigenvalue weighted by atomic mass is 16.7. The summed E-state index contributed by atoms with van der Waals surface area (Å²) in [5.74, 6) is -0.370. The SMILES string of the molecule is CCN1C[C@H](C)C[C@@](C)(OC)[C@H](O[C@@H]2O[C@H](C)C[C@H](N(C)C)[C@H]2O)[C@@H](C)C(=O)C(C)(C)C(=O)OC[C@H]1C1CN(CC(C)C)C1. The van der Waals surface area contributed by atoms with Crippen molar-refractivity contribution in [2.24, 2.45) is 29.1 Å². The van der Waals surface area contributed by atoms with E-state index in [1.54, 1.807) is 27.9 Å². The zero-order chi connectivity index (χ0) is 33.1. The second-order valence-corrected chi connectivity index (χ2v) is 15.4. The van der Waals surface area contributed by atoms with E-state index in [1.807, 2.05) is 32.8 Å². The molecule has 0 aromatic heterocycles. The first-order valence-corrected chi connectivity index (χ1v) is 16.8. The molecule has 0 aromatic rings. The van der Waals surface area contributed by atoms with Crippen molar-refractivity contribution in [2.45, 2.75) is 117 Å². The van der Waals surface area contributed by atoms with E-state index in [9.17, 15) is 14.7 Å². The maximum Gasteiger partial charge on any atom is 0.319 e. The standard InChI is InChI=1S/C34H63N3O7/c1-13-37-17-22(4)15-34(9,41-12)30(44-31-28(38)26(35(10)11)14-23(5)43-31)24(6)29(39)33(7,8)32(40)42-20-27(37)25-18-36(19-25)16-21(2)3/h21-28,30-31,38H,13-20H2,1-12H3/t22-,23-,24+,26+,27+,28-,30-,31+,34-/m1/s1. The van der Waals surface area contributed by atoms with Crippen LogP contribution < -0.4 is 0 Å². The molecular weight excluding hydrogens is 562 g/mol. The zero-order valence-electron chi connectivity index (χ0n) is 29.7. The molecule has 10 heteroatoms. The van der Waals surface area contributed by atoms with Crippen LogP contribution in [-0.4, -0.2) is 134 Å². The van der Waals surface area contributed by atoms with Gasteiger partial charge in [-0.25, -0.2) is 0 Å². The normalized spacial score (nSPS) is 39.0. The Labute approximate surface area is 267 Å². The molecule has 3 aliphatic rings. The van der Waals surface area contributed by atoms with E-state index in [0.29, 0.717) is 24.7 Å². The first-order chi connectivity index (χ1) is 20.4. The first kappa shape index (κ1) is 37.3. The Balaban J connectivity index is 1.97. The number of carbonyl (C=O) groups excluding carboxylic acids is 2. The molecule has 0 spiro atoms. The Hall–Kier alpha value is -1.14. The number of esters is 1. The van der Waals surface area contributed by atoms with Crippen LogP contribution in [0.25, 0.3) is 0 Å². The highest BCUT2D eigenvalue weighted by Crippen LogP contribution is 2.39. The summed E-state index contributed by atoms with van der Waals surface area (Å²) in [5, 5.41) is 11.3. The van der Waals surface area contributed by atoms with E-state index in [-0.39, 0.29) is 36.5 Å². The van der Waals surface area contributed by atoms with Crippen molar-refractivity contribution < 1.29 is 33.6 Å². The van der Waals surface area contributed by atoms with Gasteiger partial charge in [0.25, 0.3) is 0 Å². The molecule has 0 saturated carbocycles. The fourth-order valence-electron chi connectivity index (χ4n) is 7.77. The quantitative estimate of drug-likeness (QED) is 0.320. The van der Waals surface area contributed by atoms with E-state index >= 15 is 0 Å². The number of likely N-dealkylation sites (N-methyl/N-ethyl adjacent to an activating group) is 2. The summed E-state index contributed by atoms with van der Waals surface area (Å²) in [5.41, 5.74) is -2.30. The van der Waals surface area contributed by atoms with Gasteiger partial charge in [0, 0.05) is 57.2 Å². The van der Waals surface area contributed by atoms with E-state index in [4.69, 9.17) is 18.9 Å². The van der Waals surface area contributed by atoms with Gasteiger partial charge in [-0.2, -0.15) is 0 Å². The molecule has 3 saturated heterocycles. The van der Waals surface area contributed by atoms with Crippen LogP contribution in [0.1, 0.15) is 75.2 Å². The number of Topliss-reactive ketones (excluding diaryl/α,β-unsaturated/α-hetero) is 1. The first-order valence-electron chi connectivity index (χ1n) is 16.8. The molecule has 10 nitrogen and oxygen atoms in total. The molecule has 0 unspecified atom stereocenters. The Morgan fingerprint density at radius 2 is 1.73 bits per heavy atom. The van der Waals surface area contributed by atoms with Gasteiger partial charge in [0.2, 0.25) is 0 Å².